The Morgan fingerprint density at radius 3 is 2.55 bits per heavy atom. The molecule has 0 fully saturated rings. The summed E-state index contributed by atoms with van der Waals surface area (Å²) in [5.74, 6) is -0.664. The highest BCUT2D eigenvalue weighted by Gasteiger charge is 2.16. The topological polar surface area (TPSA) is 96.1 Å². The van der Waals surface area contributed by atoms with Gasteiger partial charge in [-0.2, -0.15) is 0 Å². The Morgan fingerprint density at radius 2 is 1.90 bits per heavy atom. The highest BCUT2D eigenvalue weighted by molar-refractivity contribution is 7.90. The fraction of sp³-hybridized carbons (Fsp3) is 0.0769. The lowest BCUT2D eigenvalue weighted by Crippen LogP contribution is -2.21. The Hall–Kier alpha value is -2.41. The molecule has 0 saturated carbocycles. The number of anilines is 1. The first kappa shape index (κ1) is 14.0. The van der Waals surface area contributed by atoms with Crippen LogP contribution in [0.1, 0.15) is 10.4 Å². The summed E-state index contributed by atoms with van der Waals surface area (Å²) in [5, 5.41) is 2.44. The monoisotopic (exact) mass is 292 g/mol. The normalized spacial score (nSPS) is 11.1. The van der Waals surface area contributed by atoms with Gasteiger partial charge in [0.1, 0.15) is 5.56 Å². The lowest BCUT2D eigenvalue weighted by atomic mass is 10.2. The number of carbonyl (C=O) groups excluding carboxylic acids is 1. The van der Waals surface area contributed by atoms with Crippen molar-refractivity contribution in [3.63, 3.8) is 0 Å². The van der Waals surface area contributed by atoms with Crippen LogP contribution in [0, 0.1) is 0 Å². The van der Waals surface area contributed by atoms with Crippen LogP contribution in [0.2, 0.25) is 0 Å². The molecule has 0 aliphatic heterocycles. The van der Waals surface area contributed by atoms with E-state index in [1.165, 1.54) is 30.6 Å². The first-order chi connectivity index (χ1) is 9.39. The summed E-state index contributed by atoms with van der Waals surface area (Å²) in [7, 11) is -3.47. The van der Waals surface area contributed by atoms with Gasteiger partial charge in [-0.25, -0.2) is 8.42 Å². The smallest absolute Gasteiger partial charge is 0.261 e. The standard InChI is InChI=1S/C13H12N2O4S/c1-20(18,19)12-5-3-2-4-10(12)15-13(17)9-8-14-7-6-11(9)16/h2-8H,1H3,(H,14,16)(H,15,17). The molecule has 1 amide bonds. The fourth-order valence-corrected chi connectivity index (χ4v) is 2.52. The van der Waals surface area contributed by atoms with E-state index >= 15 is 0 Å². The molecule has 0 unspecified atom stereocenters. The zero-order valence-corrected chi connectivity index (χ0v) is 11.4. The van der Waals surface area contributed by atoms with Gasteiger partial charge in [0.15, 0.2) is 15.3 Å². The quantitative estimate of drug-likeness (QED) is 0.883. The van der Waals surface area contributed by atoms with E-state index in [-0.39, 0.29) is 16.1 Å². The summed E-state index contributed by atoms with van der Waals surface area (Å²) in [5.41, 5.74) is -0.392. The minimum absolute atomic E-state index is 0.000657. The Labute approximate surface area is 115 Å². The SMILES string of the molecule is CS(=O)(=O)c1ccccc1NC(=O)c1c[nH]ccc1=O. The molecule has 0 aliphatic carbocycles. The molecule has 104 valence electrons. The van der Waals surface area contributed by atoms with Crippen molar-refractivity contribution < 1.29 is 13.2 Å². The molecule has 0 saturated heterocycles. The van der Waals surface area contributed by atoms with Crippen LogP contribution in [-0.2, 0) is 9.84 Å². The van der Waals surface area contributed by atoms with Crippen LogP contribution >= 0.6 is 0 Å². The lowest BCUT2D eigenvalue weighted by molar-refractivity contribution is 0.102. The van der Waals surface area contributed by atoms with Crippen molar-refractivity contribution in [3.8, 4) is 0 Å². The van der Waals surface area contributed by atoms with Gasteiger partial charge in [-0.3, -0.25) is 9.59 Å². The number of pyridine rings is 1. The van der Waals surface area contributed by atoms with Gasteiger partial charge in [-0.1, -0.05) is 12.1 Å². The van der Waals surface area contributed by atoms with Gasteiger partial charge in [-0.05, 0) is 12.1 Å². The van der Waals surface area contributed by atoms with Crippen molar-refractivity contribution >= 4 is 21.4 Å². The van der Waals surface area contributed by atoms with Gasteiger partial charge in [0.25, 0.3) is 5.91 Å². The lowest BCUT2D eigenvalue weighted by Gasteiger charge is -2.09. The van der Waals surface area contributed by atoms with Crippen molar-refractivity contribution in [1.29, 1.82) is 0 Å². The predicted molar refractivity (Wildman–Crippen MR) is 74.6 cm³/mol. The number of nitrogens with one attached hydrogen (secondary N) is 2. The van der Waals surface area contributed by atoms with Crippen LogP contribution in [-0.4, -0.2) is 25.6 Å². The summed E-state index contributed by atoms with van der Waals surface area (Å²) >= 11 is 0. The second-order valence-electron chi connectivity index (χ2n) is 4.14. The summed E-state index contributed by atoms with van der Waals surface area (Å²) in [6.45, 7) is 0. The van der Waals surface area contributed by atoms with E-state index in [0.717, 1.165) is 6.26 Å². The Morgan fingerprint density at radius 1 is 1.20 bits per heavy atom. The van der Waals surface area contributed by atoms with Crippen molar-refractivity contribution in [2.24, 2.45) is 0 Å². The van der Waals surface area contributed by atoms with Gasteiger partial charge in [0, 0.05) is 24.7 Å². The minimum Gasteiger partial charge on any atom is -0.367 e. The predicted octanol–water partition coefficient (Wildman–Crippen LogP) is 1.03. The first-order valence-corrected chi connectivity index (χ1v) is 7.56. The zero-order valence-electron chi connectivity index (χ0n) is 10.6. The number of sulfone groups is 1. The molecular formula is C13H12N2O4S. The van der Waals surface area contributed by atoms with Crippen LogP contribution in [0.3, 0.4) is 0 Å². The maximum atomic E-state index is 12.0. The van der Waals surface area contributed by atoms with E-state index in [1.54, 1.807) is 12.1 Å². The van der Waals surface area contributed by atoms with Crippen molar-refractivity contribution in [1.82, 2.24) is 4.98 Å². The maximum Gasteiger partial charge on any atom is 0.261 e. The fourth-order valence-electron chi connectivity index (χ4n) is 1.68. The number of H-pyrrole nitrogens is 1. The van der Waals surface area contributed by atoms with Crippen LogP contribution < -0.4 is 10.7 Å². The highest BCUT2D eigenvalue weighted by atomic mass is 32.2. The van der Waals surface area contributed by atoms with Gasteiger partial charge >= 0.3 is 0 Å². The molecule has 20 heavy (non-hydrogen) atoms. The number of aromatic nitrogens is 1. The molecule has 1 aromatic heterocycles. The molecule has 2 aromatic rings. The molecule has 0 radical (unpaired) electrons. The van der Waals surface area contributed by atoms with Crippen LogP contribution in [0.25, 0.3) is 0 Å². The van der Waals surface area contributed by atoms with E-state index in [0.29, 0.717) is 0 Å². The van der Waals surface area contributed by atoms with E-state index in [4.69, 9.17) is 0 Å². The second-order valence-corrected chi connectivity index (χ2v) is 6.13. The summed E-state index contributed by atoms with van der Waals surface area (Å²) in [6.07, 6.45) is 3.72. The van der Waals surface area contributed by atoms with Crippen LogP contribution in [0.4, 0.5) is 5.69 Å². The van der Waals surface area contributed by atoms with Crippen LogP contribution in [0.5, 0.6) is 0 Å². The van der Waals surface area contributed by atoms with E-state index in [2.05, 4.69) is 10.3 Å². The Balaban J connectivity index is 2.39. The third kappa shape index (κ3) is 2.94. The molecule has 7 heteroatoms. The third-order valence-corrected chi connectivity index (χ3v) is 3.76. The van der Waals surface area contributed by atoms with E-state index in [1.807, 2.05) is 0 Å². The molecule has 2 rings (SSSR count). The van der Waals surface area contributed by atoms with Crippen molar-refractivity contribution in [3.05, 3.63) is 58.5 Å². The number of rotatable bonds is 3. The molecule has 2 N–H and O–H groups in total. The number of amides is 1. The zero-order chi connectivity index (χ0) is 14.8. The van der Waals surface area contributed by atoms with Gasteiger partial charge in [0.2, 0.25) is 0 Å². The van der Waals surface area contributed by atoms with E-state index in [9.17, 15) is 18.0 Å². The molecule has 0 aliphatic rings. The summed E-state index contributed by atoms with van der Waals surface area (Å²) in [4.78, 5) is 26.2. The Bertz CT molecular complexity index is 809. The van der Waals surface area contributed by atoms with Crippen molar-refractivity contribution in [2.75, 3.05) is 11.6 Å². The average Bonchev–Trinajstić information content (AvgIpc) is 2.38. The maximum absolute atomic E-state index is 12.0. The second kappa shape index (κ2) is 5.30. The molecule has 1 heterocycles. The first-order valence-electron chi connectivity index (χ1n) is 5.67. The number of hydrogen-bond acceptors (Lipinski definition) is 4. The highest BCUT2D eigenvalue weighted by Crippen LogP contribution is 2.20. The van der Waals surface area contributed by atoms with Gasteiger partial charge < -0.3 is 10.3 Å². The molecule has 6 nitrogen and oxygen atoms in total. The van der Waals surface area contributed by atoms with Crippen LogP contribution in [0.15, 0.2) is 52.4 Å². The molecule has 0 bridgehead atoms. The molecule has 0 spiro atoms. The number of benzene rings is 1. The summed E-state index contributed by atoms with van der Waals surface area (Å²) < 4.78 is 23.2. The molecule has 1 aromatic carbocycles. The van der Waals surface area contributed by atoms with Crippen molar-refractivity contribution in [2.45, 2.75) is 4.90 Å². The third-order valence-electron chi connectivity index (χ3n) is 2.60. The molecule has 0 atom stereocenters. The Kier molecular flexibility index (Phi) is 3.71. The summed E-state index contributed by atoms with van der Waals surface area (Å²) in [6, 6.07) is 7.23. The largest absolute Gasteiger partial charge is 0.367 e. The van der Waals surface area contributed by atoms with E-state index < -0.39 is 21.2 Å². The average molecular weight is 292 g/mol. The number of hydrogen-bond donors (Lipinski definition) is 2. The number of carbonyl (C=O) groups is 1. The number of aromatic amines is 1. The van der Waals surface area contributed by atoms with Gasteiger partial charge in [0.05, 0.1) is 10.6 Å². The van der Waals surface area contributed by atoms with Gasteiger partial charge in [-0.15, -0.1) is 0 Å². The number of para-hydroxylation sites is 1. The molecular weight excluding hydrogens is 280 g/mol. The minimum atomic E-state index is -3.47.